The molecule has 0 fully saturated rings. The van der Waals surface area contributed by atoms with Gasteiger partial charge in [-0.25, -0.2) is 9.97 Å². The number of fused-ring (bicyclic) bond motifs is 2. The average Bonchev–Trinajstić information content (AvgIpc) is 3.30. The molecule has 0 amide bonds. The highest BCUT2D eigenvalue weighted by atomic mass is 14.8. The van der Waals surface area contributed by atoms with E-state index < -0.39 is 0 Å². The zero-order valence-corrected chi connectivity index (χ0v) is 31.9. The first-order valence-corrected chi connectivity index (χ1v) is 19.3. The van der Waals surface area contributed by atoms with E-state index in [1.165, 1.54) is 43.8 Å². The van der Waals surface area contributed by atoms with Crippen LogP contribution in [0.5, 0.6) is 0 Å². The van der Waals surface area contributed by atoms with Crippen LogP contribution in [0.2, 0.25) is 0 Å². The molecule has 1 aliphatic carbocycles. The minimum atomic E-state index is 0.109. The van der Waals surface area contributed by atoms with Gasteiger partial charge in [0.1, 0.15) is 0 Å². The molecule has 7 nitrogen and oxygen atoms in total. The lowest BCUT2D eigenvalue weighted by molar-refractivity contribution is 1.22. The Kier molecular flexibility index (Phi) is 9.98. The Balaban J connectivity index is 0.000000154. The third-order valence-corrected chi connectivity index (χ3v) is 10.3. The van der Waals surface area contributed by atoms with Crippen molar-refractivity contribution in [1.29, 1.82) is 10.8 Å². The van der Waals surface area contributed by atoms with E-state index in [-0.39, 0.29) is 11.4 Å². The van der Waals surface area contributed by atoms with Crippen molar-refractivity contribution in [3.63, 3.8) is 0 Å². The Morgan fingerprint density at radius 3 is 1.14 bits per heavy atom. The Hall–Kier alpha value is -8.16. The fourth-order valence-electron chi connectivity index (χ4n) is 7.52. The molecule has 5 aromatic carbocycles. The summed E-state index contributed by atoms with van der Waals surface area (Å²) in [6.45, 7) is 0. The number of nitrogens with zero attached hydrogens (tertiary/aromatic N) is 4. The number of rotatable bonds is 6. The third kappa shape index (κ3) is 7.32. The summed E-state index contributed by atoms with van der Waals surface area (Å²) in [4.78, 5) is 18.1. The van der Waals surface area contributed by atoms with E-state index in [2.05, 4.69) is 111 Å². The van der Waals surface area contributed by atoms with Gasteiger partial charge < -0.3 is 5.73 Å². The van der Waals surface area contributed by atoms with E-state index in [1.807, 2.05) is 97.1 Å². The molecular formula is C52H37N7. The average molecular weight is 760 g/mol. The molecule has 0 saturated carbocycles. The highest BCUT2D eigenvalue weighted by Crippen LogP contribution is 2.43. The first-order valence-electron chi connectivity index (χ1n) is 19.3. The molecule has 10 rings (SSSR count). The number of aromatic nitrogens is 4. The fraction of sp³-hybridized carbons (Fsp3) is 0. The molecule has 4 N–H and O–H groups in total. The summed E-state index contributed by atoms with van der Waals surface area (Å²) in [7, 11) is 0. The molecular weight excluding hydrogens is 723 g/mol. The van der Waals surface area contributed by atoms with Gasteiger partial charge in [-0.2, -0.15) is 0 Å². The summed E-state index contributed by atoms with van der Waals surface area (Å²) in [6, 6.07) is 58.8. The Morgan fingerprint density at radius 1 is 0.339 bits per heavy atom. The lowest BCUT2D eigenvalue weighted by atomic mass is 9.86. The zero-order chi connectivity index (χ0) is 40.1. The molecule has 59 heavy (non-hydrogen) atoms. The summed E-state index contributed by atoms with van der Waals surface area (Å²) < 4.78 is 0. The van der Waals surface area contributed by atoms with Gasteiger partial charge >= 0.3 is 0 Å². The van der Waals surface area contributed by atoms with Gasteiger partial charge in [-0.3, -0.25) is 20.8 Å². The Bertz CT molecular complexity index is 2900. The van der Waals surface area contributed by atoms with E-state index >= 15 is 0 Å². The van der Waals surface area contributed by atoms with Gasteiger partial charge in [0.15, 0.2) is 0 Å². The van der Waals surface area contributed by atoms with Crippen LogP contribution in [-0.2, 0) is 0 Å². The largest absolute Gasteiger partial charge is 0.399 e. The van der Waals surface area contributed by atoms with Crippen LogP contribution in [0, 0.1) is 10.8 Å². The molecule has 9 aromatic rings. The quantitative estimate of drug-likeness (QED) is 0.0884. The number of nitrogens with two attached hydrogens (primary N) is 1. The maximum absolute atomic E-state index is 8.63. The van der Waals surface area contributed by atoms with E-state index in [0.717, 1.165) is 28.5 Å². The summed E-state index contributed by atoms with van der Waals surface area (Å²) in [5, 5.41) is 22.3. The highest BCUT2D eigenvalue weighted by molar-refractivity contribution is 6.68. The second kappa shape index (κ2) is 16.1. The standard InChI is InChI=1S/C26H18N6.C26H19N/c27-25-17(19-9-5-11-23(31-19)21-7-1-3-15-29-21)13-14-18(26(25)28)20-10-6-12-24(32-20)22-8-2-4-16-30-22;27-20-16-14-19(15-17-20)26-23-12-6-4-10-21(23)25(18-8-2-1-3-9-18)22-11-5-7-13-24(22)26/h1-16,27-28H;1-17H,27H2. The number of nitrogens with one attached hydrogen (secondary N) is 2. The molecule has 0 saturated heterocycles. The number of pyridine rings is 4. The minimum absolute atomic E-state index is 0.109. The predicted octanol–water partition coefficient (Wildman–Crippen LogP) is 12.0. The third-order valence-electron chi connectivity index (χ3n) is 10.3. The van der Waals surface area contributed by atoms with Crippen molar-refractivity contribution in [1.82, 2.24) is 19.9 Å². The van der Waals surface area contributed by atoms with Crippen molar-refractivity contribution < 1.29 is 0 Å². The summed E-state index contributed by atoms with van der Waals surface area (Å²) >= 11 is 0. The van der Waals surface area contributed by atoms with E-state index in [0.29, 0.717) is 22.5 Å². The second-order valence-corrected chi connectivity index (χ2v) is 14.0. The Labute approximate surface area is 342 Å². The van der Waals surface area contributed by atoms with Gasteiger partial charge in [0.25, 0.3) is 0 Å². The lowest BCUT2D eigenvalue weighted by Gasteiger charge is -2.17. The van der Waals surface area contributed by atoms with Crippen LogP contribution in [-0.4, -0.2) is 31.4 Å². The summed E-state index contributed by atoms with van der Waals surface area (Å²) in [5.74, 6) is 0. The van der Waals surface area contributed by atoms with Gasteiger partial charge in [-0.05, 0) is 117 Å². The summed E-state index contributed by atoms with van der Waals surface area (Å²) in [6.07, 6.45) is 7.11. The van der Waals surface area contributed by atoms with Gasteiger partial charge in [-0.1, -0.05) is 115 Å². The molecule has 280 valence electrons. The number of nitrogen functional groups attached to an aromatic ring is 1. The van der Waals surface area contributed by atoms with E-state index in [1.54, 1.807) is 12.4 Å². The normalized spacial score (nSPS) is 12.4. The van der Waals surface area contributed by atoms with Gasteiger partial charge in [-0.15, -0.1) is 0 Å². The molecule has 0 unspecified atom stereocenters. The van der Waals surface area contributed by atoms with Crippen LogP contribution in [0.3, 0.4) is 0 Å². The fourth-order valence-corrected chi connectivity index (χ4v) is 7.52. The molecule has 4 heterocycles. The number of anilines is 1. The minimum Gasteiger partial charge on any atom is -0.399 e. The van der Waals surface area contributed by atoms with Crippen molar-refractivity contribution in [2.75, 3.05) is 5.73 Å². The van der Waals surface area contributed by atoms with Crippen LogP contribution < -0.4 is 5.73 Å². The molecule has 0 atom stereocenters. The molecule has 0 aliphatic heterocycles. The smallest absolute Gasteiger partial charge is 0.0893 e. The number of benzene rings is 5. The van der Waals surface area contributed by atoms with Crippen LogP contribution in [0.1, 0.15) is 11.4 Å². The first-order chi connectivity index (χ1) is 29.0. The van der Waals surface area contributed by atoms with Crippen molar-refractivity contribution in [3.8, 4) is 45.0 Å². The van der Waals surface area contributed by atoms with Crippen LogP contribution >= 0.6 is 0 Å². The topological polar surface area (TPSA) is 125 Å². The molecule has 1 aliphatic rings. The lowest BCUT2D eigenvalue weighted by Crippen LogP contribution is -2.20. The van der Waals surface area contributed by atoms with Gasteiger partial charge in [0.2, 0.25) is 0 Å². The van der Waals surface area contributed by atoms with Gasteiger partial charge in [0, 0.05) is 29.2 Å². The van der Waals surface area contributed by atoms with E-state index in [9.17, 15) is 0 Å². The SMILES string of the molecule is N=C1C(=N)C(c2cccc(-c3ccccn3)n2)=CC=C1c1cccc(-c2ccccn2)n1.Nc1ccc(-c2c3ccccc3c(-c3ccccc3)c3ccccc23)cc1. The van der Waals surface area contributed by atoms with Crippen LogP contribution in [0.25, 0.3) is 77.7 Å². The van der Waals surface area contributed by atoms with Crippen molar-refractivity contribution in [3.05, 3.63) is 212 Å². The second-order valence-electron chi connectivity index (χ2n) is 14.0. The van der Waals surface area contributed by atoms with Crippen molar-refractivity contribution in [2.45, 2.75) is 0 Å². The molecule has 4 aromatic heterocycles. The highest BCUT2D eigenvalue weighted by Gasteiger charge is 2.23. The van der Waals surface area contributed by atoms with E-state index in [4.69, 9.17) is 16.6 Å². The monoisotopic (exact) mass is 759 g/mol. The predicted molar refractivity (Wildman–Crippen MR) is 243 cm³/mol. The maximum atomic E-state index is 8.63. The molecule has 0 spiro atoms. The maximum Gasteiger partial charge on any atom is 0.0893 e. The van der Waals surface area contributed by atoms with Crippen LogP contribution in [0.4, 0.5) is 5.69 Å². The van der Waals surface area contributed by atoms with Crippen molar-refractivity contribution >= 4 is 49.8 Å². The molecule has 7 heteroatoms. The number of allylic oxidation sites excluding steroid dienone is 4. The zero-order valence-electron chi connectivity index (χ0n) is 31.9. The van der Waals surface area contributed by atoms with Crippen molar-refractivity contribution in [2.24, 2.45) is 0 Å². The number of hydrogen-bond donors (Lipinski definition) is 3. The Morgan fingerprint density at radius 2 is 0.712 bits per heavy atom. The number of hydrogen-bond acceptors (Lipinski definition) is 7. The molecule has 0 radical (unpaired) electrons. The summed E-state index contributed by atoms with van der Waals surface area (Å²) in [5.41, 5.74) is 17.4. The molecule has 0 bridgehead atoms. The first kappa shape index (κ1) is 36.5. The van der Waals surface area contributed by atoms with Crippen LogP contribution in [0.15, 0.2) is 200 Å². The van der Waals surface area contributed by atoms with Gasteiger partial charge in [0.05, 0.1) is 45.6 Å².